The van der Waals surface area contributed by atoms with Crippen molar-refractivity contribution in [1.82, 2.24) is 14.5 Å². The van der Waals surface area contributed by atoms with Gasteiger partial charge in [0.25, 0.3) is 0 Å². The number of hydrogen-bond donors (Lipinski definition) is 2. The molecule has 1 heterocycles. The normalized spacial score (nSPS) is 11.3. The van der Waals surface area contributed by atoms with Crippen LogP contribution in [0.15, 0.2) is 78.0 Å². The number of aromatic nitrogens is 2. The molecule has 0 atom stereocenters. The van der Waals surface area contributed by atoms with E-state index in [0.717, 1.165) is 5.56 Å². The number of ether oxygens (including phenoxy) is 2. The van der Waals surface area contributed by atoms with Gasteiger partial charge in [0, 0.05) is 30.1 Å². The van der Waals surface area contributed by atoms with Crippen LogP contribution in [0.4, 0.5) is 10.1 Å². The summed E-state index contributed by atoms with van der Waals surface area (Å²) in [6.45, 7) is 1.78. The quantitative estimate of drug-likeness (QED) is 0.316. The molecule has 0 fully saturated rings. The van der Waals surface area contributed by atoms with E-state index in [1.54, 1.807) is 48.8 Å². The van der Waals surface area contributed by atoms with Crippen molar-refractivity contribution in [1.29, 1.82) is 0 Å². The molecule has 4 aromatic rings. The van der Waals surface area contributed by atoms with Crippen molar-refractivity contribution < 1.29 is 27.1 Å². The molecule has 198 valence electrons. The van der Waals surface area contributed by atoms with Crippen LogP contribution in [0.2, 0.25) is 0 Å². The topological polar surface area (TPSA) is 112 Å². The summed E-state index contributed by atoms with van der Waals surface area (Å²) < 4.78 is 55.6. The smallest absolute Gasteiger partial charge is 0.243 e. The van der Waals surface area contributed by atoms with Crippen LogP contribution in [-0.2, 0) is 27.8 Å². The van der Waals surface area contributed by atoms with E-state index in [1.165, 1.54) is 43.2 Å². The van der Waals surface area contributed by atoms with E-state index in [-0.39, 0.29) is 29.1 Å². The van der Waals surface area contributed by atoms with E-state index >= 15 is 0 Å². The van der Waals surface area contributed by atoms with Gasteiger partial charge >= 0.3 is 0 Å². The minimum atomic E-state index is -4.10. The van der Waals surface area contributed by atoms with Gasteiger partial charge in [0.05, 0.1) is 32.5 Å². The van der Waals surface area contributed by atoms with Gasteiger partial charge in [-0.25, -0.2) is 22.2 Å². The van der Waals surface area contributed by atoms with Crippen LogP contribution >= 0.6 is 0 Å². The molecule has 0 saturated carbocycles. The number of aryl methyl sites for hydroxylation is 1. The van der Waals surface area contributed by atoms with Crippen molar-refractivity contribution in [3.63, 3.8) is 0 Å². The van der Waals surface area contributed by atoms with Gasteiger partial charge in [0.1, 0.15) is 22.2 Å². The van der Waals surface area contributed by atoms with Crippen LogP contribution in [0, 0.1) is 12.7 Å². The number of hydrogen-bond acceptors (Lipinski definition) is 6. The van der Waals surface area contributed by atoms with Crippen LogP contribution in [0.25, 0.3) is 5.69 Å². The third kappa shape index (κ3) is 6.18. The van der Waals surface area contributed by atoms with Crippen LogP contribution in [0.5, 0.6) is 11.5 Å². The summed E-state index contributed by atoms with van der Waals surface area (Å²) in [5, 5.41) is 6.90. The lowest BCUT2D eigenvalue weighted by atomic mass is 10.1. The number of carbonyl (C=O) groups excluding carboxylic acids is 1. The van der Waals surface area contributed by atoms with Gasteiger partial charge in [-0.2, -0.15) is 5.10 Å². The molecule has 0 unspecified atom stereocenters. The second-order valence-corrected chi connectivity index (χ2v) is 10.2. The molecule has 0 aliphatic carbocycles. The first-order valence-corrected chi connectivity index (χ1v) is 13.1. The van der Waals surface area contributed by atoms with Crippen LogP contribution in [-0.4, -0.2) is 38.3 Å². The number of methoxy groups -OCH3 is 2. The standard InChI is InChI=1S/C27H27FN4O5S/c1-18-15-29-32(17-18)24-11-9-21(31-27(33)12-19-6-4-5-7-23(19)28)13-26(24)38(34,35)30-16-20-8-10-22(36-2)14-25(20)37-3/h4-11,13-15,17,30H,12,16H2,1-3H3,(H,31,33). The maximum absolute atomic E-state index is 14.0. The Morgan fingerprint density at radius 2 is 1.82 bits per heavy atom. The molecule has 0 spiro atoms. The maximum atomic E-state index is 14.0. The molecule has 2 N–H and O–H groups in total. The molecule has 1 amide bonds. The molecule has 4 rings (SSSR count). The first-order chi connectivity index (χ1) is 18.2. The van der Waals surface area contributed by atoms with E-state index in [4.69, 9.17) is 9.47 Å². The van der Waals surface area contributed by atoms with Gasteiger partial charge < -0.3 is 14.8 Å². The first kappa shape index (κ1) is 26.8. The van der Waals surface area contributed by atoms with E-state index in [2.05, 4.69) is 15.1 Å². The number of amides is 1. The highest BCUT2D eigenvalue weighted by atomic mass is 32.2. The number of sulfonamides is 1. The maximum Gasteiger partial charge on any atom is 0.243 e. The fourth-order valence-corrected chi connectivity index (χ4v) is 5.03. The number of halogens is 1. The number of nitrogens with one attached hydrogen (secondary N) is 2. The van der Waals surface area contributed by atoms with E-state index in [0.29, 0.717) is 22.7 Å². The molecule has 38 heavy (non-hydrogen) atoms. The molecule has 0 radical (unpaired) electrons. The van der Waals surface area contributed by atoms with Crippen LogP contribution in [0.3, 0.4) is 0 Å². The van der Waals surface area contributed by atoms with Gasteiger partial charge in [-0.05, 0) is 48.4 Å². The minimum Gasteiger partial charge on any atom is -0.497 e. The summed E-state index contributed by atoms with van der Waals surface area (Å²) in [6.07, 6.45) is 3.10. The van der Waals surface area contributed by atoms with Crippen molar-refractivity contribution in [3.8, 4) is 17.2 Å². The molecule has 9 nitrogen and oxygen atoms in total. The molecule has 0 aliphatic heterocycles. The number of rotatable bonds is 10. The highest BCUT2D eigenvalue weighted by Crippen LogP contribution is 2.27. The van der Waals surface area contributed by atoms with Crippen molar-refractivity contribution in [3.05, 3.63) is 95.6 Å². The third-order valence-corrected chi connectivity index (χ3v) is 7.18. The van der Waals surface area contributed by atoms with Gasteiger partial charge in [-0.15, -0.1) is 0 Å². The second kappa shape index (κ2) is 11.4. The van der Waals surface area contributed by atoms with E-state index in [1.807, 2.05) is 6.92 Å². The molecular weight excluding hydrogens is 511 g/mol. The highest BCUT2D eigenvalue weighted by Gasteiger charge is 2.22. The Hall–Kier alpha value is -4.22. The van der Waals surface area contributed by atoms with Crippen LogP contribution in [0.1, 0.15) is 16.7 Å². The lowest BCUT2D eigenvalue weighted by molar-refractivity contribution is -0.115. The predicted octanol–water partition coefficient (Wildman–Crippen LogP) is 4.00. The predicted molar refractivity (Wildman–Crippen MR) is 141 cm³/mol. The summed E-state index contributed by atoms with van der Waals surface area (Å²) in [5.41, 5.74) is 2.20. The zero-order chi connectivity index (χ0) is 27.3. The Bertz CT molecular complexity index is 1570. The Morgan fingerprint density at radius 3 is 2.50 bits per heavy atom. The summed E-state index contributed by atoms with van der Waals surface area (Å²) in [5.74, 6) is 0.0540. The molecule has 0 bridgehead atoms. The fourth-order valence-electron chi connectivity index (χ4n) is 3.81. The molecule has 11 heteroatoms. The molecule has 3 aromatic carbocycles. The van der Waals surface area contributed by atoms with E-state index in [9.17, 15) is 17.6 Å². The summed E-state index contributed by atoms with van der Waals surface area (Å²) in [4.78, 5) is 12.5. The third-order valence-electron chi connectivity index (χ3n) is 5.75. The average molecular weight is 539 g/mol. The number of nitrogens with zero attached hydrogens (tertiary/aromatic N) is 2. The van der Waals surface area contributed by atoms with Crippen molar-refractivity contribution in [2.45, 2.75) is 24.8 Å². The first-order valence-electron chi connectivity index (χ1n) is 11.6. The Balaban J connectivity index is 1.63. The largest absolute Gasteiger partial charge is 0.497 e. The van der Waals surface area contributed by atoms with Crippen molar-refractivity contribution in [2.24, 2.45) is 0 Å². The van der Waals surface area contributed by atoms with E-state index < -0.39 is 21.7 Å². The molecule has 0 aliphatic rings. The van der Waals surface area contributed by atoms with Gasteiger partial charge in [-0.3, -0.25) is 4.79 Å². The highest BCUT2D eigenvalue weighted by molar-refractivity contribution is 7.89. The lowest BCUT2D eigenvalue weighted by Gasteiger charge is -2.15. The SMILES string of the molecule is COc1ccc(CNS(=O)(=O)c2cc(NC(=O)Cc3ccccc3F)ccc2-n2cc(C)cn2)c(OC)c1. The number of anilines is 1. The lowest BCUT2D eigenvalue weighted by Crippen LogP contribution is -2.25. The molecule has 1 aromatic heterocycles. The molecule has 0 saturated heterocycles. The fraction of sp³-hybridized carbons (Fsp3) is 0.185. The zero-order valence-electron chi connectivity index (χ0n) is 21.1. The second-order valence-electron chi connectivity index (χ2n) is 8.46. The van der Waals surface area contributed by atoms with Crippen molar-refractivity contribution in [2.75, 3.05) is 19.5 Å². The number of carbonyl (C=O) groups is 1. The monoisotopic (exact) mass is 538 g/mol. The summed E-state index contributed by atoms with van der Waals surface area (Å²) in [7, 11) is -1.09. The number of benzene rings is 3. The Labute approximate surface area is 220 Å². The molecular formula is C27H27FN4O5S. The van der Waals surface area contributed by atoms with Gasteiger partial charge in [-0.1, -0.05) is 24.3 Å². The average Bonchev–Trinajstić information content (AvgIpc) is 3.34. The summed E-state index contributed by atoms with van der Waals surface area (Å²) >= 11 is 0. The van der Waals surface area contributed by atoms with Gasteiger partial charge in [0.2, 0.25) is 15.9 Å². The minimum absolute atomic E-state index is 0.0586. The van der Waals surface area contributed by atoms with Crippen molar-refractivity contribution >= 4 is 21.6 Å². The Morgan fingerprint density at radius 1 is 1.03 bits per heavy atom. The van der Waals surface area contributed by atoms with Gasteiger partial charge in [0.15, 0.2) is 0 Å². The Kier molecular flexibility index (Phi) is 8.08. The van der Waals surface area contributed by atoms with Crippen LogP contribution < -0.4 is 19.5 Å². The zero-order valence-corrected chi connectivity index (χ0v) is 21.9. The summed E-state index contributed by atoms with van der Waals surface area (Å²) in [6, 6.07) is 15.5.